The van der Waals surface area contributed by atoms with E-state index in [4.69, 9.17) is 18.0 Å². The van der Waals surface area contributed by atoms with Gasteiger partial charge in [0.25, 0.3) is 0 Å². The van der Waals surface area contributed by atoms with E-state index >= 15 is 0 Å². The number of amides is 1. The molecule has 0 aliphatic carbocycles. The molecule has 0 radical (unpaired) electrons. The zero-order valence-electron chi connectivity index (χ0n) is 11.5. The molecule has 0 aromatic heterocycles. The highest BCUT2D eigenvalue weighted by molar-refractivity contribution is 9.10. The third-order valence-electron chi connectivity index (χ3n) is 3.13. The predicted molar refractivity (Wildman–Crippen MR) is 93.5 cm³/mol. The molecule has 0 bridgehead atoms. The lowest BCUT2D eigenvalue weighted by Crippen LogP contribution is -2.19. The molecule has 0 fully saturated rings. The topological polar surface area (TPSA) is 55.1 Å². The van der Waals surface area contributed by atoms with Gasteiger partial charge < -0.3 is 11.1 Å². The number of carbonyl (C=O) groups is 1. The number of nitrogens with one attached hydrogen (secondary N) is 1. The summed E-state index contributed by atoms with van der Waals surface area (Å²) in [6, 6.07) is 13.2. The van der Waals surface area contributed by atoms with Crippen molar-refractivity contribution in [3.8, 4) is 0 Å². The van der Waals surface area contributed by atoms with Crippen molar-refractivity contribution in [3.63, 3.8) is 0 Å². The van der Waals surface area contributed by atoms with Crippen molar-refractivity contribution in [1.29, 1.82) is 0 Å². The first kappa shape index (κ1) is 15.7. The smallest absolute Gasteiger partial charge is 0.228 e. The van der Waals surface area contributed by atoms with Gasteiger partial charge in [-0.25, -0.2) is 0 Å². The van der Waals surface area contributed by atoms with Gasteiger partial charge in [-0.3, -0.25) is 4.79 Å². The Morgan fingerprint density at radius 3 is 2.67 bits per heavy atom. The van der Waals surface area contributed by atoms with Crippen molar-refractivity contribution in [2.75, 3.05) is 5.32 Å². The van der Waals surface area contributed by atoms with Gasteiger partial charge in [-0.1, -0.05) is 52.4 Å². The van der Waals surface area contributed by atoms with Crippen molar-refractivity contribution in [2.45, 2.75) is 13.3 Å². The first-order chi connectivity index (χ1) is 9.97. The molecule has 0 aliphatic rings. The van der Waals surface area contributed by atoms with Crippen LogP contribution in [-0.2, 0) is 11.2 Å². The molecule has 2 rings (SSSR count). The molecule has 2 aromatic carbocycles. The maximum atomic E-state index is 12.2. The summed E-state index contributed by atoms with van der Waals surface area (Å²) < 4.78 is 0.863. The monoisotopic (exact) mass is 362 g/mol. The average Bonchev–Trinajstić information content (AvgIpc) is 2.43. The quantitative estimate of drug-likeness (QED) is 0.817. The molecule has 2 aromatic rings. The van der Waals surface area contributed by atoms with E-state index in [1.54, 1.807) is 12.1 Å². The molecule has 21 heavy (non-hydrogen) atoms. The highest BCUT2D eigenvalue weighted by Crippen LogP contribution is 2.21. The minimum absolute atomic E-state index is 0.0934. The largest absolute Gasteiger partial charge is 0.389 e. The third kappa shape index (κ3) is 4.12. The van der Waals surface area contributed by atoms with Gasteiger partial charge in [0.2, 0.25) is 5.91 Å². The van der Waals surface area contributed by atoms with Crippen molar-refractivity contribution < 1.29 is 4.79 Å². The molecule has 3 nitrogen and oxygen atoms in total. The highest BCUT2D eigenvalue weighted by atomic mass is 79.9. The summed E-state index contributed by atoms with van der Waals surface area (Å²) in [7, 11) is 0. The molecule has 0 spiro atoms. The van der Waals surface area contributed by atoms with E-state index in [9.17, 15) is 4.79 Å². The second kappa shape index (κ2) is 6.83. The molecular formula is C16H15BrN2OS. The van der Waals surface area contributed by atoms with Gasteiger partial charge in [-0.2, -0.15) is 0 Å². The zero-order chi connectivity index (χ0) is 15.4. The van der Waals surface area contributed by atoms with Crippen LogP contribution >= 0.6 is 28.1 Å². The minimum atomic E-state index is -0.0934. The first-order valence-corrected chi connectivity index (χ1v) is 7.61. The molecule has 0 saturated carbocycles. The van der Waals surface area contributed by atoms with E-state index in [1.807, 2.05) is 37.3 Å². The van der Waals surface area contributed by atoms with Crippen LogP contribution in [0.3, 0.4) is 0 Å². The highest BCUT2D eigenvalue weighted by Gasteiger charge is 2.11. The Bertz CT molecular complexity index is 700. The van der Waals surface area contributed by atoms with Gasteiger partial charge in [-0.15, -0.1) is 0 Å². The Hall–Kier alpha value is -1.72. The predicted octanol–water partition coefficient (Wildman–Crippen LogP) is 3.57. The molecule has 0 heterocycles. The van der Waals surface area contributed by atoms with Gasteiger partial charge in [0.05, 0.1) is 12.1 Å². The van der Waals surface area contributed by atoms with Crippen molar-refractivity contribution in [2.24, 2.45) is 5.73 Å². The van der Waals surface area contributed by atoms with Crippen molar-refractivity contribution in [1.82, 2.24) is 0 Å². The van der Waals surface area contributed by atoms with E-state index in [1.165, 1.54) is 0 Å². The number of rotatable bonds is 4. The fourth-order valence-corrected chi connectivity index (χ4v) is 2.54. The van der Waals surface area contributed by atoms with Crippen LogP contribution in [0, 0.1) is 6.92 Å². The minimum Gasteiger partial charge on any atom is -0.389 e. The SMILES string of the molecule is Cc1ccccc1CC(=O)Nc1ccc(Br)cc1C(N)=S. The number of halogens is 1. The molecular weight excluding hydrogens is 348 g/mol. The standard InChI is InChI=1S/C16H15BrN2OS/c1-10-4-2-3-5-11(10)8-15(20)19-14-7-6-12(17)9-13(14)16(18)21/h2-7,9H,8H2,1H3,(H2,18,21)(H,19,20). The molecule has 3 N–H and O–H groups in total. The van der Waals surface area contributed by atoms with E-state index in [-0.39, 0.29) is 10.9 Å². The van der Waals surface area contributed by atoms with Crippen LogP contribution in [0.4, 0.5) is 5.69 Å². The Morgan fingerprint density at radius 1 is 1.29 bits per heavy atom. The van der Waals surface area contributed by atoms with E-state index in [0.29, 0.717) is 17.7 Å². The lowest BCUT2D eigenvalue weighted by Gasteiger charge is -2.11. The first-order valence-electron chi connectivity index (χ1n) is 6.41. The van der Waals surface area contributed by atoms with Crippen molar-refractivity contribution in [3.05, 3.63) is 63.6 Å². The zero-order valence-corrected chi connectivity index (χ0v) is 13.9. The van der Waals surface area contributed by atoms with E-state index < -0.39 is 0 Å². The lowest BCUT2D eigenvalue weighted by atomic mass is 10.1. The summed E-state index contributed by atoms with van der Waals surface area (Å²) in [5.74, 6) is -0.0934. The fraction of sp³-hybridized carbons (Fsp3) is 0.125. The van der Waals surface area contributed by atoms with Crippen LogP contribution in [0.15, 0.2) is 46.9 Å². The summed E-state index contributed by atoms with van der Waals surface area (Å²) in [4.78, 5) is 12.4. The molecule has 5 heteroatoms. The normalized spacial score (nSPS) is 10.2. The van der Waals surface area contributed by atoms with Crippen LogP contribution in [0.5, 0.6) is 0 Å². The average molecular weight is 363 g/mol. The van der Waals surface area contributed by atoms with Crippen LogP contribution in [-0.4, -0.2) is 10.9 Å². The molecule has 1 amide bonds. The number of benzene rings is 2. The van der Waals surface area contributed by atoms with Gasteiger partial charge in [0, 0.05) is 10.0 Å². The van der Waals surface area contributed by atoms with Gasteiger partial charge in [-0.05, 0) is 36.2 Å². The Balaban J connectivity index is 2.17. The van der Waals surface area contributed by atoms with Crippen LogP contribution < -0.4 is 11.1 Å². The Kier molecular flexibility index (Phi) is 5.09. The maximum absolute atomic E-state index is 12.2. The molecule has 108 valence electrons. The summed E-state index contributed by atoms with van der Waals surface area (Å²) in [5.41, 5.74) is 9.07. The number of carbonyl (C=O) groups excluding carboxylic acids is 1. The van der Waals surface area contributed by atoms with Gasteiger partial charge in [0.15, 0.2) is 0 Å². The molecule has 0 unspecified atom stereocenters. The second-order valence-electron chi connectivity index (χ2n) is 4.71. The van der Waals surface area contributed by atoms with Crippen LogP contribution in [0.1, 0.15) is 16.7 Å². The summed E-state index contributed by atoms with van der Waals surface area (Å²) in [5, 5.41) is 2.87. The van der Waals surface area contributed by atoms with Gasteiger partial charge >= 0.3 is 0 Å². The third-order valence-corrected chi connectivity index (χ3v) is 3.85. The maximum Gasteiger partial charge on any atom is 0.228 e. The number of hydrogen-bond donors (Lipinski definition) is 2. The molecule has 0 saturated heterocycles. The number of aryl methyl sites for hydroxylation is 1. The van der Waals surface area contributed by atoms with E-state index in [2.05, 4.69) is 21.2 Å². The van der Waals surface area contributed by atoms with Crippen LogP contribution in [0.2, 0.25) is 0 Å². The molecule has 0 aliphatic heterocycles. The number of thiocarbonyl (C=S) groups is 1. The number of hydrogen-bond acceptors (Lipinski definition) is 2. The Labute approximate surface area is 137 Å². The number of anilines is 1. The summed E-state index contributed by atoms with van der Waals surface area (Å²) >= 11 is 8.38. The summed E-state index contributed by atoms with van der Waals surface area (Å²) in [6.07, 6.45) is 0.319. The van der Waals surface area contributed by atoms with Gasteiger partial charge in [0.1, 0.15) is 4.99 Å². The number of nitrogens with two attached hydrogens (primary N) is 1. The summed E-state index contributed by atoms with van der Waals surface area (Å²) in [6.45, 7) is 1.99. The Morgan fingerprint density at radius 2 is 2.00 bits per heavy atom. The second-order valence-corrected chi connectivity index (χ2v) is 6.06. The molecule has 0 atom stereocenters. The fourth-order valence-electron chi connectivity index (χ4n) is 2.01. The van der Waals surface area contributed by atoms with E-state index in [0.717, 1.165) is 15.6 Å². The lowest BCUT2D eigenvalue weighted by molar-refractivity contribution is -0.115. The van der Waals surface area contributed by atoms with Crippen LogP contribution in [0.25, 0.3) is 0 Å². The van der Waals surface area contributed by atoms with Crippen molar-refractivity contribution >= 4 is 44.7 Å².